The average molecular weight is 570 g/mol. The van der Waals surface area contributed by atoms with Crippen LogP contribution in [0.15, 0.2) is 72.8 Å². The Labute approximate surface area is 245 Å². The normalized spacial score (nSPS) is 10.8. The number of hydrogen-bond acceptors (Lipinski definition) is 8. The van der Waals surface area contributed by atoms with Crippen molar-refractivity contribution in [1.29, 1.82) is 0 Å². The summed E-state index contributed by atoms with van der Waals surface area (Å²) in [5.74, 6) is 1.71. The van der Waals surface area contributed by atoms with Gasteiger partial charge in [-0.2, -0.15) is 0 Å². The molecule has 0 radical (unpaired) electrons. The number of rotatable bonds is 12. The van der Waals surface area contributed by atoms with Gasteiger partial charge in [0.25, 0.3) is 11.8 Å². The lowest BCUT2D eigenvalue weighted by Gasteiger charge is -2.11. The van der Waals surface area contributed by atoms with E-state index >= 15 is 0 Å². The molecule has 10 heteroatoms. The molecule has 0 aliphatic rings. The van der Waals surface area contributed by atoms with E-state index in [0.717, 1.165) is 5.56 Å². The van der Waals surface area contributed by atoms with E-state index in [0.29, 0.717) is 53.3 Å². The first kappa shape index (κ1) is 30.0. The summed E-state index contributed by atoms with van der Waals surface area (Å²) in [7, 11) is 0. The zero-order chi connectivity index (χ0) is 30.1. The van der Waals surface area contributed by atoms with Crippen LogP contribution in [0.25, 0.3) is 0 Å². The molecule has 4 rings (SSSR count). The third-order valence-electron chi connectivity index (χ3n) is 5.80. The molecular weight excluding hydrogens is 534 g/mol. The second kappa shape index (κ2) is 14.1. The van der Waals surface area contributed by atoms with Gasteiger partial charge in [-0.25, -0.2) is 0 Å². The molecular formula is C32H35N5O5. The molecule has 4 aromatic rings. The molecule has 0 saturated carbocycles. The van der Waals surface area contributed by atoms with Crippen LogP contribution >= 0.6 is 0 Å². The Kier molecular flexibility index (Phi) is 10.0. The van der Waals surface area contributed by atoms with Gasteiger partial charge in [0.1, 0.15) is 17.2 Å². The molecule has 42 heavy (non-hydrogen) atoms. The topological polar surface area (TPSA) is 125 Å². The quantitative estimate of drug-likeness (QED) is 0.203. The largest absolute Gasteiger partial charge is 0.424 e. The lowest BCUT2D eigenvalue weighted by atomic mass is 10.2. The summed E-state index contributed by atoms with van der Waals surface area (Å²) >= 11 is 0. The van der Waals surface area contributed by atoms with E-state index in [1.807, 2.05) is 46.8 Å². The highest BCUT2D eigenvalue weighted by atomic mass is 16.5. The van der Waals surface area contributed by atoms with E-state index in [1.54, 1.807) is 60.7 Å². The Balaban J connectivity index is 1.53. The number of benzene rings is 3. The molecule has 0 atom stereocenters. The van der Waals surface area contributed by atoms with Crippen molar-refractivity contribution >= 4 is 11.8 Å². The molecule has 1 aromatic heterocycles. The number of aryl methyl sites for hydroxylation is 1. The van der Waals surface area contributed by atoms with Crippen LogP contribution in [0.1, 0.15) is 54.0 Å². The Morgan fingerprint density at radius 2 is 0.881 bits per heavy atom. The first-order valence-corrected chi connectivity index (χ1v) is 13.8. The van der Waals surface area contributed by atoms with Gasteiger partial charge in [-0.15, -0.1) is 15.0 Å². The molecule has 0 bridgehead atoms. The molecule has 2 N–H and O–H groups in total. The summed E-state index contributed by atoms with van der Waals surface area (Å²) in [6.45, 7) is 11.3. The summed E-state index contributed by atoms with van der Waals surface area (Å²) < 4.78 is 17.6. The molecule has 3 aromatic carbocycles. The highest BCUT2D eigenvalue weighted by molar-refractivity contribution is 5.94. The fraction of sp³-hybridized carbons (Fsp3) is 0.281. The molecule has 0 unspecified atom stereocenters. The van der Waals surface area contributed by atoms with Crippen molar-refractivity contribution in [3.05, 3.63) is 89.5 Å². The summed E-state index contributed by atoms with van der Waals surface area (Å²) in [6, 6.07) is 20.5. The second-order valence-electron chi connectivity index (χ2n) is 10.6. The summed E-state index contributed by atoms with van der Waals surface area (Å²) in [6.07, 6.45) is 0. The van der Waals surface area contributed by atoms with E-state index in [-0.39, 0.29) is 29.8 Å². The molecule has 0 fully saturated rings. The van der Waals surface area contributed by atoms with Crippen LogP contribution in [-0.2, 0) is 0 Å². The standard InChI is InChI=1S/C32H35N5O5/c1-20(2)18-33-28(38)23-8-14-26(15-9-23)41-31-35-30(40-25-12-6-22(5)7-13-25)36-32(37-31)42-27-16-10-24(11-17-27)29(39)34-19-21(3)4/h6-17,20-21H,18-19H2,1-5H3,(H,33,38)(H,34,39). The van der Waals surface area contributed by atoms with E-state index in [2.05, 4.69) is 25.6 Å². The first-order chi connectivity index (χ1) is 20.1. The Morgan fingerprint density at radius 1 is 0.571 bits per heavy atom. The van der Waals surface area contributed by atoms with Crippen LogP contribution in [0.3, 0.4) is 0 Å². The number of carbonyl (C=O) groups is 2. The maximum Gasteiger partial charge on any atom is 0.331 e. The highest BCUT2D eigenvalue weighted by Gasteiger charge is 2.14. The molecule has 0 aliphatic heterocycles. The van der Waals surface area contributed by atoms with Crippen molar-refractivity contribution in [2.24, 2.45) is 11.8 Å². The summed E-state index contributed by atoms with van der Waals surface area (Å²) in [4.78, 5) is 37.6. The molecule has 0 saturated heterocycles. The van der Waals surface area contributed by atoms with Gasteiger partial charge in [0.05, 0.1) is 0 Å². The minimum Gasteiger partial charge on any atom is -0.424 e. The van der Waals surface area contributed by atoms with Gasteiger partial charge in [0, 0.05) is 24.2 Å². The van der Waals surface area contributed by atoms with Crippen molar-refractivity contribution in [3.63, 3.8) is 0 Å². The zero-order valence-corrected chi connectivity index (χ0v) is 24.4. The van der Waals surface area contributed by atoms with E-state index in [9.17, 15) is 9.59 Å². The number of hydrogen-bond donors (Lipinski definition) is 2. The van der Waals surface area contributed by atoms with Gasteiger partial charge in [-0.1, -0.05) is 45.4 Å². The predicted molar refractivity (Wildman–Crippen MR) is 158 cm³/mol. The van der Waals surface area contributed by atoms with Crippen molar-refractivity contribution in [2.75, 3.05) is 13.1 Å². The lowest BCUT2D eigenvalue weighted by molar-refractivity contribution is 0.0941. The average Bonchev–Trinajstić information content (AvgIpc) is 2.96. The van der Waals surface area contributed by atoms with Crippen molar-refractivity contribution in [3.8, 4) is 35.3 Å². The number of ether oxygens (including phenoxy) is 3. The molecule has 0 spiro atoms. The first-order valence-electron chi connectivity index (χ1n) is 13.8. The van der Waals surface area contributed by atoms with E-state index in [1.165, 1.54) is 0 Å². The molecule has 10 nitrogen and oxygen atoms in total. The van der Waals surface area contributed by atoms with Crippen LogP contribution in [0.4, 0.5) is 0 Å². The van der Waals surface area contributed by atoms with Crippen LogP contribution < -0.4 is 24.8 Å². The number of aromatic nitrogens is 3. The minimum absolute atomic E-state index is 0.0341. The van der Waals surface area contributed by atoms with E-state index in [4.69, 9.17) is 14.2 Å². The third-order valence-corrected chi connectivity index (χ3v) is 5.80. The lowest BCUT2D eigenvalue weighted by Crippen LogP contribution is -2.27. The summed E-state index contributed by atoms with van der Waals surface area (Å²) in [5.41, 5.74) is 2.09. The van der Waals surface area contributed by atoms with Crippen molar-refractivity contribution in [2.45, 2.75) is 34.6 Å². The van der Waals surface area contributed by atoms with Crippen molar-refractivity contribution < 1.29 is 23.8 Å². The zero-order valence-electron chi connectivity index (χ0n) is 24.4. The van der Waals surface area contributed by atoms with Crippen LogP contribution in [-0.4, -0.2) is 39.9 Å². The minimum atomic E-state index is -0.164. The smallest absolute Gasteiger partial charge is 0.331 e. The van der Waals surface area contributed by atoms with Crippen LogP contribution in [0.5, 0.6) is 35.3 Å². The second-order valence-corrected chi connectivity index (χ2v) is 10.6. The van der Waals surface area contributed by atoms with Crippen LogP contribution in [0.2, 0.25) is 0 Å². The molecule has 218 valence electrons. The monoisotopic (exact) mass is 569 g/mol. The summed E-state index contributed by atoms with van der Waals surface area (Å²) in [5, 5.41) is 5.77. The van der Waals surface area contributed by atoms with Gasteiger partial charge in [0.2, 0.25) is 0 Å². The fourth-order valence-electron chi connectivity index (χ4n) is 3.53. The number of nitrogens with zero attached hydrogens (tertiary/aromatic N) is 3. The van der Waals surface area contributed by atoms with Gasteiger partial charge < -0.3 is 24.8 Å². The van der Waals surface area contributed by atoms with Crippen molar-refractivity contribution in [1.82, 2.24) is 25.6 Å². The SMILES string of the molecule is Cc1ccc(Oc2nc(Oc3ccc(C(=O)NCC(C)C)cc3)nc(Oc3ccc(C(=O)NCC(C)C)cc3)n2)cc1. The maximum absolute atomic E-state index is 12.4. The molecule has 2 amide bonds. The number of carbonyl (C=O) groups excluding carboxylic acids is 2. The Bertz CT molecular complexity index is 1400. The highest BCUT2D eigenvalue weighted by Crippen LogP contribution is 2.27. The predicted octanol–water partition coefficient (Wildman–Crippen LogP) is 6.33. The Hall–Kier alpha value is -4.99. The molecule has 1 heterocycles. The van der Waals surface area contributed by atoms with Gasteiger partial charge in [-0.05, 0) is 79.4 Å². The number of amides is 2. The van der Waals surface area contributed by atoms with E-state index < -0.39 is 0 Å². The fourth-order valence-corrected chi connectivity index (χ4v) is 3.53. The van der Waals surface area contributed by atoms with Crippen LogP contribution in [0, 0.1) is 18.8 Å². The number of nitrogens with one attached hydrogen (secondary N) is 2. The maximum atomic E-state index is 12.4. The molecule has 0 aliphatic carbocycles. The van der Waals surface area contributed by atoms with Gasteiger partial charge in [0.15, 0.2) is 0 Å². The Morgan fingerprint density at radius 3 is 1.19 bits per heavy atom. The van der Waals surface area contributed by atoms with Gasteiger partial charge >= 0.3 is 18.0 Å². The third kappa shape index (κ3) is 9.02. The van der Waals surface area contributed by atoms with Gasteiger partial charge in [-0.3, -0.25) is 9.59 Å².